The molecule has 0 aliphatic carbocycles. The monoisotopic (exact) mass is 361 g/mol. The summed E-state index contributed by atoms with van der Waals surface area (Å²) >= 11 is 9.69. The Morgan fingerprint density at radius 3 is 2.46 bits per heavy atom. The maximum Gasteiger partial charge on any atom is 0.248 e. The number of H-pyrrole nitrogens is 1. The summed E-state index contributed by atoms with van der Waals surface area (Å²) in [6, 6.07) is 18.4. The van der Waals surface area contributed by atoms with Gasteiger partial charge in [-0.1, -0.05) is 29.8 Å². The quantitative estimate of drug-likeness (QED) is 0.498. The number of thiol groups is 1. The Morgan fingerprint density at radius 2 is 1.79 bits per heavy atom. The minimum absolute atomic E-state index is 0.0834. The van der Waals surface area contributed by atoms with Gasteiger partial charge in [0.1, 0.15) is 5.75 Å². The second-order valence-corrected chi connectivity index (χ2v) is 6.03. The number of nitrogens with one attached hydrogen (secondary N) is 1. The fraction of sp³-hybridized carbons (Fsp3) is 0.211. The summed E-state index contributed by atoms with van der Waals surface area (Å²) in [5, 5.41) is 1.78. The number of aromatic nitrogens is 1. The van der Waals surface area contributed by atoms with Crippen molar-refractivity contribution in [1.29, 1.82) is 0 Å². The Balaban J connectivity index is 0.000000249. The molecule has 0 amide bonds. The molecule has 0 saturated heterocycles. The van der Waals surface area contributed by atoms with E-state index in [1.165, 1.54) is 6.07 Å². The van der Waals surface area contributed by atoms with E-state index in [9.17, 15) is 4.79 Å². The Morgan fingerprint density at radius 1 is 1.00 bits per heavy atom. The molecular weight excluding hydrogens is 342 g/mol. The molecule has 0 saturated carbocycles. The standard InChI is InChI=1S/C13H15NO2S.C6H5Cl/c15-13-6-3-10-9-11(4-5-12(10)14-13)16-7-1-2-8-17;7-6-4-2-1-3-5-6/h3-6,9,17H,1-2,7-8H2,(H,14,15);1-5H. The van der Waals surface area contributed by atoms with E-state index >= 15 is 0 Å². The molecule has 0 spiro atoms. The van der Waals surface area contributed by atoms with Crippen LogP contribution in [-0.2, 0) is 0 Å². The van der Waals surface area contributed by atoms with E-state index in [1.807, 2.05) is 48.5 Å². The Kier molecular flexibility index (Phi) is 7.72. The van der Waals surface area contributed by atoms with E-state index in [2.05, 4.69) is 17.6 Å². The van der Waals surface area contributed by atoms with Gasteiger partial charge in [0.05, 0.1) is 6.61 Å². The number of halogens is 1. The van der Waals surface area contributed by atoms with Crippen LogP contribution in [0.3, 0.4) is 0 Å². The largest absolute Gasteiger partial charge is 0.494 e. The fourth-order valence-corrected chi connectivity index (χ4v) is 2.41. The van der Waals surface area contributed by atoms with Gasteiger partial charge in [0.15, 0.2) is 0 Å². The Labute approximate surface area is 152 Å². The maximum absolute atomic E-state index is 11.1. The van der Waals surface area contributed by atoms with E-state index in [-0.39, 0.29) is 5.56 Å². The summed E-state index contributed by atoms with van der Waals surface area (Å²) in [6.07, 6.45) is 2.07. The maximum atomic E-state index is 11.1. The lowest BCUT2D eigenvalue weighted by Gasteiger charge is -2.06. The van der Waals surface area contributed by atoms with Gasteiger partial charge in [0, 0.05) is 22.0 Å². The summed E-state index contributed by atoms with van der Waals surface area (Å²) in [5.41, 5.74) is 0.750. The number of pyridine rings is 1. The Hall–Kier alpha value is -1.91. The van der Waals surface area contributed by atoms with Crippen molar-refractivity contribution in [3.8, 4) is 5.75 Å². The normalized spacial score (nSPS) is 10.1. The summed E-state index contributed by atoms with van der Waals surface area (Å²) in [6.45, 7) is 0.704. The summed E-state index contributed by atoms with van der Waals surface area (Å²) in [7, 11) is 0. The number of ether oxygens (including phenoxy) is 1. The van der Waals surface area contributed by atoms with Crippen molar-refractivity contribution in [3.63, 3.8) is 0 Å². The number of fused-ring (bicyclic) bond motifs is 1. The molecule has 0 bridgehead atoms. The lowest BCUT2D eigenvalue weighted by Crippen LogP contribution is -2.02. The first-order valence-electron chi connectivity index (χ1n) is 7.76. The predicted molar refractivity (Wildman–Crippen MR) is 105 cm³/mol. The highest BCUT2D eigenvalue weighted by molar-refractivity contribution is 7.80. The van der Waals surface area contributed by atoms with Crippen LogP contribution in [0.15, 0.2) is 65.5 Å². The van der Waals surface area contributed by atoms with Gasteiger partial charge in [-0.05, 0) is 55.0 Å². The van der Waals surface area contributed by atoms with Crippen LogP contribution in [0.4, 0.5) is 0 Å². The van der Waals surface area contributed by atoms with Gasteiger partial charge in [-0.3, -0.25) is 4.79 Å². The van der Waals surface area contributed by atoms with E-state index in [0.717, 1.165) is 40.3 Å². The Bertz CT molecular complexity index is 805. The van der Waals surface area contributed by atoms with Crippen LogP contribution < -0.4 is 10.3 Å². The van der Waals surface area contributed by atoms with Crippen molar-refractivity contribution < 1.29 is 4.74 Å². The van der Waals surface area contributed by atoms with E-state index in [0.29, 0.717) is 6.61 Å². The highest BCUT2D eigenvalue weighted by Gasteiger charge is 1.98. The molecule has 3 aromatic rings. The third kappa shape index (κ3) is 6.30. The van der Waals surface area contributed by atoms with Crippen molar-refractivity contribution in [2.75, 3.05) is 12.4 Å². The average molecular weight is 362 g/mol. The summed E-state index contributed by atoms with van der Waals surface area (Å²) in [5.74, 6) is 1.73. The van der Waals surface area contributed by atoms with Gasteiger partial charge in [-0.2, -0.15) is 12.6 Å². The van der Waals surface area contributed by atoms with Gasteiger partial charge in [0.2, 0.25) is 5.56 Å². The van der Waals surface area contributed by atoms with Gasteiger partial charge in [0.25, 0.3) is 0 Å². The second-order valence-electron chi connectivity index (χ2n) is 5.15. The van der Waals surface area contributed by atoms with E-state index in [4.69, 9.17) is 16.3 Å². The highest BCUT2D eigenvalue weighted by Crippen LogP contribution is 2.18. The number of hydrogen-bond acceptors (Lipinski definition) is 3. The van der Waals surface area contributed by atoms with E-state index < -0.39 is 0 Å². The molecule has 0 unspecified atom stereocenters. The predicted octanol–water partition coefficient (Wildman–Crippen LogP) is 4.96. The van der Waals surface area contributed by atoms with Gasteiger partial charge < -0.3 is 9.72 Å². The second kappa shape index (κ2) is 10.1. The molecule has 0 atom stereocenters. The van der Waals surface area contributed by atoms with Crippen molar-refractivity contribution >= 4 is 35.1 Å². The first-order valence-corrected chi connectivity index (χ1v) is 8.77. The lowest BCUT2D eigenvalue weighted by atomic mass is 10.2. The molecule has 1 N–H and O–H groups in total. The van der Waals surface area contributed by atoms with Crippen LogP contribution >= 0.6 is 24.2 Å². The molecule has 126 valence electrons. The van der Waals surface area contributed by atoms with Crippen LogP contribution in [-0.4, -0.2) is 17.3 Å². The van der Waals surface area contributed by atoms with Gasteiger partial charge in [-0.25, -0.2) is 0 Å². The van der Waals surface area contributed by atoms with E-state index in [1.54, 1.807) is 6.07 Å². The summed E-state index contributed by atoms with van der Waals surface area (Å²) < 4.78 is 5.62. The topological polar surface area (TPSA) is 42.1 Å². The van der Waals surface area contributed by atoms with Crippen LogP contribution in [0.5, 0.6) is 5.75 Å². The van der Waals surface area contributed by atoms with Crippen molar-refractivity contribution in [2.24, 2.45) is 0 Å². The van der Waals surface area contributed by atoms with Gasteiger partial charge in [-0.15, -0.1) is 0 Å². The molecule has 0 fully saturated rings. The average Bonchev–Trinajstić information content (AvgIpc) is 2.60. The molecule has 0 radical (unpaired) electrons. The molecule has 2 aromatic carbocycles. The van der Waals surface area contributed by atoms with Crippen LogP contribution in [0.25, 0.3) is 10.9 Å². The fourth-order valence-electron chi connectivity index (χ4n) is 2.04. The van der Waals surface area contributed by atoms with Gasteiger partial charge >= 0.3 is 0 Å². The van der Waals surface area contributed by atoms with Crippen molar-refractivity contribution in [2.45, 2.75) is 12.8 Å². The zero-order valence-electron chi connectivity index (χ0n) is 13.2. The zero-order valence-corrected chi connectivity index (χ0v) is 14.9. The molecule has 0 aliphatic heterocycles. The van der Waals surface area contributed by atoms with Crippen LogP contribution in [0, 0.1) is 0 Å². The number of hydrogen-bond donors (Lipinski definition) is 2. The molecular formula is C19H20ClNO2S. The number of rotatable bonds is 5. The number of unbranched alkanes of at least 4 members (excludes halogenated alkanes) is 1. The SMILES string of the molecule is Clc1ccccc1.O=c1ccc2cc(OCCCCS)ccc2[nH]1. The number of benzene rings is 2. The minimum atomic E-state index is -0.0834. The summed E-state index contributed by atoms with van der Waals surface area (Å²) in [4.78, 5) is 13.9. The smallest absolute Gasteiger partial charge is 0.248 e. The third-order valence-electron chi connectivity index (χ3n) is 3.25. The lowest BCUT2D eigenvalue weighted by molar-refractivity contribution is 0.310. The zero-order chi connectivity index (χ0) is 17.2. The van der Waals surface area contributed by atoms with Crippen molar-refractivity contribution in [1.82, 2.24) is 4.98 Å². The molecule has 24 heavy (non-hydrogen) atoms. The molecule has 1 heterocycles. The number of aromatic amines is 1. The third-order valence-corrected chi connectivity index (χ3v) is 3.82. The molecule has 3 nitrogen and oxygen atoms in total. The molecule has 0 aliphatic rings. The van der Waals surface area contributed by atoms with Crippen LogP contribution in [0.2, 0.25) is 5.02 Å². The van der Waals surface area contributed by atoms with Crippen LogP contribution in [0.1, 0.15) is 12.8 Å². The molecule has 5 heteroatoms. The molecule has 3 rings (SSSR count). The highest BCUT2D eigenvalue weighted by atomic mass is 35.5. The molecule has 1 aromatic heterocycles. The first-order chi connectivity index (χ1) is 11.7. The van der Waals surface area contributed by atoms with Crippen molar-refractivity contribution in [3.05, 3.63) is 76.0 Å². The minimum Gasteiger partial charge on any atom is -0.494 e. The first kappa shape index (κ1) is 18.4.